The first-order chi connectivity index (χ1) is 22.2. The Kier molecular flexibility index (Phi) is 13.4. The van der Waals surface area contributed by atoms with Crippen molar-refractivity contribution in [1.82, 2.24) is 25.8 Å². The standard InChI is InChI=1S/C37H51ClFN5O2/c1-5-7-10-30-26-41-33(27(30)3)24-35(45)42-34(23-28-13-15-31(38)16-14-28)36(46)43-19-21-44(22-20-43)37(6-2,17-18-40-4)25-29-11-8-9-12-32(29)39/h7-16,33-34,40-41H,5-6,17-26H2,1-4H3,(H,42,45)/b10-7-. The molecule has 1 saturated heterocycles. The summed E-state index contributed by atoms with van der Waals surface area (Å²) in [6, 6.07) is 13.7. The quantitative estimate of drug-likeness (QED) is 0.244. The summed E-state index contributed by atoms with van der Waals surface area (Å²) >= 11 is 6.13. The number of allylic oxidation sites excluding steroid dienone is 1. The van der Waals surface area contributed by atoms with Crippen LogP contribution in [0.4, 0.5) is 4.39 Å². The number of benzene rings is 2. The van der Waals surface area contributed by atoms with Crippen LogP contribution in [0.3, 0.4) is 0 Å². The Hall–Kier alpha value is -3.04. The van der Waals surface area contributed by atoms with Gasteiger partial charge >= 0.3 is 0 Å². The third kappa shape index (κ3) is 9.28. The summed E-state index contributed by atoms with van der Waals surface area (Å²) in [5.74, 6) is -0.399. The fraction of sp³-hybridized carbons (Fsp3) is 0.514. The molecule has 3 N–H and O–H groups in total. The van der Waals surface area contributed by atoms with Crippen molar-refractivity contribution in [3.63, 3.8) is 0 Å². The number of nitrogens with one attached hydrogen (secondary N) is 3. The molecule has 9 heteroatoms. The van der Waals surface area contributed by atoms with Gasteiger partial charge in [0.25, 0.3) is 0 Å². The van der Waals surface area contributed by atoms with E-state index in [9.17, 15) is 14.0 Å². The largest absolute Gasteiger partial charge is 0.344 e. The predicted octanol–water partition coefficient (Wildman–Crippen LogP) is 5.30. The first-order valence-corrected chi connectivity index (χ1v) is 17.1. The van der Waals surface area contributed by atoms with Crippen LogP contribution in [-0.2, 0) is 22.4 Å². The van der Waals surface area contributed by atoms with E-state index < -0.39 is 6.04 Å². The van der Waals surface area contributed by atoms with E-state index in [-0.39, 0.29) is 35.6 Å². The van der Waals surface area contributed by atoms with Crippen LogP contribution in [0, 0.1) is 5.82 Å². The van der Waals surface area contributed by atoms with Gasteiger partial charge < -0.3 is 20.9 Å². The molecule has 46 heavy (non-hydrogen) atoms. The normalized spacial score (nSPS) is 19.4. The molecule has 7 nitrogen and oxygen atoms in total. The van der Waals surface area contributed by atoms with Crippen LogP contribution in [0.2, 0.25) is 5.02 Å². The second-order valence-electron chi connectivity index (χ2n) is 12.6. The molecule has 0 bridgehead atoms. The highest BCUT2D eigenvalue weighted by Crippen LogP contribution is 2.31. The van der Waals surface area contributed by atoms with Gasteiger partial charge in [-0.05, 0) is 81.1 Å². The molecular formula is C37H51ClFN5O2. The molecule has 0 aromatic heterocycles. The Balaban J connectivity index is 1.46. The van der Waals surface area contributed by atoms with Crippen LogP contribution in [0.1, 0.15) is 57.6 Å². The zero-order chi connectivity index (χ0) is 33.1. The lowest BCUT2D eigenvalue weighted by molar-refractivity contribution is -0.139. The maximum atomic E-state index is 14.8. The number of carbonyl (C=O) groups excluding carboxylic acids is 2. The van der Waals surface area contributed by atoms with Crippen LogP contribution < -0.4 is 16.0 Å². The van der Waals surface area contributed by atoms with E-state index in [1.54, 1.807) is 6.07 Å². The molecule has 0 radical (unpaired) electrons. The third-order valence-electron chi connectivity index (χ3n) is 9.74. The molecule has 0 spiro atoms. The van der Waals surface area contributed by atoms with Gasteiger partial charge in [0.2, 0.25) is 11.8 Å². The van der Waals surface area contributed by atoms with E-state index in [0.29, 0.717) is 44.0 Å². The second-order valence-corrected chi connectivity index (χ2v) is 13.1. The molecule has 1 fully saturated rings. The van der Waals surface area contributed by atoms with E-state index in [1.807, 2.05) is 48.3 Å². The van der Waals surface area contributed by atoms with Crippen molar-refractivity contribution >= 4 is 23.4 Å². The van der Waals surface area contributed by atoms with Gasteiger partial charge in [-0.3, -0.25) is 14.5 Å². The molecule has 250 valence electrons. The number of hydrogen-bond acceptors (Lipinski definition) is 5. The van der Waals surface area contributed by atoms with Crippen molar-refractivity contribution in [3.8, 4) is 0 Å². The van der Waals surface area contributed by atoms with Crippen LogP contribution >= 0.6 is 11.6 Å². The Morgan fingerprint density at radius 3 is 2.48 bits per heavy atom. The zero-order valence-corrected chi connectivity index (χ0v) is 28.6. The number of halogens is 2. The molecular weight excluding hydrogens is 601 g/mol. The summed E-state index contributed by atoms with van der Waals surface area (Å²) in [4.78, 5) is 31.8. The van der Waals surface area contributed by atoms with Crippen molar-refractivity contribution in [2.24, 2.45) is 0 Å². The summed E-state index contributed by atoms with van der Waals surface area (Å²) < 4.78 is 14.8. The van der Waals surface area contributed by atoms with Crippen molar-refractivity contribution in [1.29, 1.82) is 0 Å². The van der Waals surface area contributed by atoms with Gasteiger partial charge in [-0.2, -0.15) is 0 Å². The van der Waals surface area contributed by atoms with Crippen LogP contribution in [0.25, 0.3) is 0 Å². The molecule has 3 atom stereocenters. The summed E-state index contributed by atoms with van der Waals surface area (Å²) in [5.41, 5.74) is 3.82. The summed E-state index contributed by atoms with van der Waals surface area (Å²) in [5, 5.41) is 10.4. The monoisotopic (exact) mass is 651 g/mol. The Bertz CT molecular complexity index is 1370. The highest BCUT2D eigenvalue weighted by atomic mass is 35.5. The number of piperazine rings is 1. The first-order valence-electron chi connectivity index (χ1n) is 16.7. The minimum Gasteiger partial charge on any atom is -0.344 e. The van der Waals surface area contributed by atoms with E-state index >= 15 is 0 Å². The van der Waals surface area contributed by atoms with Crippen molar-refractivity contribution in [2.45, 2.75) is 76.9 Å². The zero-order valence-electron chi connectivity index (χ0n) is 27.9. The lowest BCUT2D eigenvalue weighted by atomic mass is 9.82. The lowest BCUT2D eigenvalue weighted by Crippen LogP contribution is -2.61. The topological polar surface area (TPSA) is 76.7 Å². The molecule has 2 aliphatic rings. The average Bonchev–Trinajstić information content (AvgIpc) is 3.41. The molecule has 2 aromatic rings. The maximum absolute atomic E-state index is 14.8. The predicted molar refractivity (Wildman–Crippen MR) is 185 cm³/mol. The van der Waals surface area contributed by atoms with E-state index in [1.165, 1.54) is 17.2 Å². The van der Waals surface area contributed by atoms with Gasteiger partial charge in [-0.25, -0.2) is 4.39 Å². The first kappa shape index (κ1) is 35.8. The second kappa shape index (κ2) is 17.2. The highest BCUT2D eigenvalue weighted by Gasteiger charge is 2.39. The van der Waals surface area contributed by atoms with Gasteiger partial charge in [0, 0.05) is 62.2 Å². The number of hydrogen-bond donors (Lipinski definition) is 3. The summed E-state index contributed by atoms with van der Waals surface area (Å²) in [6.07, 6.45) is 8.24. The third-order valence-corrected chi connectivity index (χ3v) is 9.99. The van der Waals surface area contributed by atoms with Crippen LogP contribution in [0.5, 0.6) is 0 Å². The van der Waals surface area contributed by atoms with Gasteiger partial charge in [-0.15, -0.1) is 0 Å². The molecule has 0 saturated carbocycles. The lowest BCUT2D eigenvalue weighted by Gasteiger charge is -2.48. The van der Waals surface area contributed by atoms with Gasteiger partial charge in [-0.1, -0.05) is 73.5 Å². The molecule has 2 heterocycles. The van der Waals surface area contributed by atoms with Gasteiger partial charge in [0.05, 0.1) is 0 Å². The number of nitrogens with zero attached hydrogens (tertiary/aromatic N) is 2. The SMILES string of the molecule is CC/C=C\C1=C(C)C(CC(=O)NC(Cc2ccc(Cl)cc2)C(=O)N2CCN(C(CC)(CCNC)Cc3ccccc3F)CC2)NC1. The number of rotatable bonds is 15. The Morgan fingerprint density at radius 2 is 1.83 bits per heavy atom. The molecule has 0 aliphatic carbocycles. The van der Waals surface area contributed by atoms with Crippen molar-refractivity contribution < 1.29 is 14.0 Å². The van der Waals surface area contributed by atoms with E-state index in [2.05, 4.69) is 53.8 Å². The number of carbonyl (C=O) groups is 2. The van der Waals surface area contributed by atoms with E-state index in [4.69, 9.17) is 11.6 Å². The van der Waals surface area contributed by atoms with Crippen LogP contribution in [-0.4, -0.2) is 85.6 Å². The Morgan fingerprint density at radius 1 is 1.11 bits per heavy atom. The average molecular weight is 652 g/mol. The summed E-state index contributed by atoms with van der Waals surface area (Å²) in [7, 11) is 1.94. The molecule has 4 rings (SSSR count). The molecule has 3 unspecified atom stereocenters. The number of amides is 2. The Labute approximate surface area is 279 Å². The smallest absolute Gasteiger partial charge is 0.245 e. The maximum Gasteiger partial charge on any atom is 0.245 e. The molecule has 2 aliphatic heterocycles. The molecule has 2 aromatic carbocycles. The van der Waals surface area contributed by atoms with Gasteiger partial charge in [0.1, 0.15) is 11.9 Å². The van der Waals surface area contributed by atoms with Gasteiger partial charge in [0.15, 0.2) is 0 Å². The van der Waals surface area contributed by atoms with Crippen molar-refractivity contribution in [3.05, 3.63) is 93.8 Å². The minimum absolute atomic E-state index is 0.0550. The minimum atomic E-state index is -0.691. The van der Waals surface area contributed by atoms with E-state index in [0.717, 1.165) is 43.5 Å². The molecule has 2 amide bonds. The van der Waals surface area contributed by atoms with Crippen molar-refractivity contribution in [2.75, 3.05) is 46.3 Å². The fourth-order valence-corrected chi connectivity index (χ4v) is 6.91. The van der Waals surface area contributed by atoms with Crippen LogP contribution in [0.15, 0.2) is 71.8 Å². The fourth-order valence-electron chi connectivity index (χ4n) is 6.78. The highest BCUT2D eigenvalue weighted by molar-refractivity contribution is 6.30. The summed E-state index contributed by atoms with van der Waals surface area (Å²) in [6.45, 7) is 10.4.